The van der Waals surface area contributed by atoms with Gasteiger partial charge in [-0.1, -0.05) is 0 Å². The van der Waals surface area contributed by atoms with Crippen LogP contribution in [0.3, 0.4) is 0 Å². The van der Waals surface area contributed by atoms with Gasteiger partial charge in [0.15, 0.2) is 0 Å². The summed E-state index contributed by atoms with van der Waals surface area (Å²) in [6, 6.07) is 4.31. The molecule has 3 N–H and O–H groups in total. The van der Waals surface area contributed by atoms with Crippen molar-refractivity contribution in [3.8, 4) is 5.75 Å². The summed E-state index contributed by atoms with van der Waals surface area (Å²) in [5, 5.41) is 9.18. The highest BCUT2D eigenvalue weighted by atomic mass is 16.5. The van der Waals surface area contributed by atoms with Gasteiger partial charge in [0.05, 0.1) is 17.9 Å². The van der Waals surface area contributed by atoms with Crippen molar-refractivity contribution < 1.29 is 14.6 Å². The molecule has 1 fully saturated rings. The van der Waals surface area contributed by atoms with Gasteiger partial charge < -0.3 is 15.6 Å². The Morgan fingerprint density at radius 3 is 2.87 bits per heavy atom. The van der Waals surface area contributed by atoms with Crippen molar-refractivity contribution in [2.24, 2.45) is 5.92 Å². The lowest BCUT2D eigenvalue weighted by Gasteiger charge is -2.05. The third-order valence-electron chi connectivity index (χ3n) is 2.41. The van der Waals surface area contributed by atoms with Crippen molar-refractivity contribution in [1.29, 1.82) is 0 Å². The van der Waals surface area contributed by atoms with Gasteiger partial charge in [0, 0.05) is 0 Å². The lowest BCUT2D eigenvalue weighted by Crippen LogP contribution is -2.07. The van der Waals surface area contributed by atoms with Crippen molar-refractivity contribution in [3.63, 3.8) is 0 Å². The molecular weight excluding hydrogens is 194 g/mol. The zero-order chi connectivity index (χ0) is 10.8. The Morgan fingerprint density at radius 2 is 2.27 bits per heavy atom. The van der Waals surface area contributed by atoms with Crippen LogP contribution in [0.25, 0.3) is 0 Å². The smallest absolute Gasteiger partial charge is 0.338 e. The standard InChI is InChI=1S/C11H13NO3/c12-9-5-8(3-4-10(9)13)11(14)15-6-7-1-2-7/h3-5,7,13H,1-2,6,12H2. The number of rotatable bonds is 3. The largest absolute Gasteiger partial charge is 0.506 e. The number of nitrogens with two attached hydrogens (primary N) is 1. The Bertz CT molecular complexity index is 385. The maximum absolute atomic E-state index is 11.5. The Morgan fingerprint density at radius 1 is 1.53 bits per heavy atom. The maximum atomic E-state index is 11.5. The first-order chi connectivity index (χ1) is 7.16. The molecule has 0 spiro atoms. The second-order valence-electron chi connectivity index (χ2n) is 3.82. The molecule has 0 atom stereocenters. The molecule has 0 bridgehead atoms. The fraction of sp³-hybridized carbons (Fsp3) is 0.364. The Labute approximate surface area is 87.7 Å². The molecule has 80 valence electrons. The van der Waals surface area contributed by atoms with Gasteiger partial charge in [0.1, 0.15) is 5.75 Å². The molecule has 4 nitrogen and oxygen atoms in total. The van der Waals surface area contributed by atoms with Gasteiger partial charge in [-0.15, -0.1) is 0 Å². The summed E-state index contributed by atoms with van der Waals surface area (Å²) in [4.78, 5) is 11.5. The van der Waals surface area contributed by atoms with E-state index in [2.05, 4.69) is 0 Å². The number of anilines is 1. The molecule has 0 unspecified atom stereocenters. The van der Waals surface area contributed by atoms with Gasteiger partial charge in [-0.05, 0) is 37.0 Å². The highest BCUT2D eigenvalue weighted by molar-refractivity contribution is 5.91. The zero-order valence-electron chi connectivity index (χ0n) is 8.27. The van der Waals surface area contributed by atoms with Crippen molar-refractivity contribution in [3.05, 3.63) is 23.8 Å². The van der Waals surface area contributed by atoms with Crippen molar-refractivity contribution in [2.45, 2.75) is 12.8 Å². The van der Waals surface area contributed by atoms with Gasteiger partial charge in [0.25, 0.3) is 0 Å². The normalized spacial score (nSPS) is 14.9. The summed E-state index contributed by atoms with van der Waals surface area (Å²) in [5.41, 5.74) is 6.04. The first-order valence-corrected chi connectivity index (χ1v) is 4.92. The summed E-state index contributed by atoms with van der Waals surface area (Å²) in [6.45, 7) is 0.486. The van der Waals surface area contributed by atoms with Crippen LogP contribution in [0.4, 0.5) is 5.69 Å². The van der Waals surface area contributed by atoms with Crippen LogP contribution in [0.2, 0.25) is 0 Å². The fourth-order valence-electron chi connectivity index (χ4n) is 1.24. The maximum Gasteiger partial charge on any atom is 0.338 e. The molecule has 0 aromatic heterocycles. The third-order valence-corrected chi connectivity index (χ3v) is 2.41. The summed E-state index contributed by atoms with van der Waals surface area (Å²) < 4.78 is 5.07. The Balaban J connectivity index is 2.00. The highest BCUT2D eigenvalue weighted by Crippen LogP contribution is 2.29. The monoisotopic (exact) mass is 207 g/mol. The lowest BCUT2D eigenvalue weighted by molar-refractivity contribution is 0.0486. The number of carbonyl (C=O) groups is 1. The molecule has 1 saturated carbocycles. The molecule has 1 aromatic carbocycles. The van der Waals surface area contributed by atoms with E-state index in [0.29, 0.717) is 18.1 Å². The minimum Gasteiger partial charge on any atom is -0.506 e. The van der Waals surface area contributed by atoms with Crippen molar-refractivity contribution in [2.75, 3.05) is 12.3 Å². The topological polar surface area (TPSA) is 72.6 Å². The van der Waals surface area contributed by atoms with Crippen molar-refractivity contribution in [1.82, 2.24) is 0 Å². The number of phenols is 1. The third kappa shape index (κ3) is 2.40. The van der Waals surface area contributed by atoms with E-state index >= 15 is 0 Å². The Kier molecular flexibility index (Phi) is 2.49. The number of nitrogen functional groups attached to an aromatic ring is 1. The van der Waals surface area contributed by atoms with Crippen LogP contribution < -0.4 is 5.73 Å². The van der Waals surface area contributed by atoms with Gasteiger partial charge >= 0.3 is 5.97 Å². The van der Waals surface area contributed by atoms with Gasteiger partial charge in [-0.3, -0.25) is 0 Å². The molecule has 1 aliphatic rings. The van der Waals surface area contributed by atoms with Gasteiger partial charge in [-0.2, -0.15) is 0 Å². The van der Waals surface area contributed by atoms with Crippen LogP contribution in [0.1, 0.15) is 23.2 Å². The summed E-state index contributed by atoms with van der Waals surface area (Å²) >= 11 is 0. The molecule has 0 saturated heterocycles. The van der Waals surface area contributed by atoms with Crippen LogP contribution in [0, 0.1) is 5.92 Å². The van der Waals surface area contributed by atoms with Crippen LogP contribution >= 0.6 is 0 Å². The molecule has 1 aliphatic carbocycles. The molecule has 0 radical (unpaired) electrons. The Hall–Kier alpha value is -1.71. The van der Waals surface area contributed by atoms with E-state index in [1.165, 1.54) is 18.2 Å². The van der Waals surface area contributed by atoms with Crippen LogP contribution in [0.15, 0.2) is 18.2 Å². The molecular formula is C11H13NO3. The molecule has 0 heterocycles. The van der Waals surface area contributed by atoms with Gasteiger partial charge in [-0.25, -0.2) is 4.79 Å². The van der Waals surface area contributed by atoms with E-state index in [4.69, 9.17) is 10.5 Å². The molecule has 4 heteroatoms. The zero-order valence-corrected chi connectivity index (χ0v) is 8.27. The van der Waals surface area contributed by atoms with E-state index in [-0.39, 0.29) is 17.4 Å². The van der Waals surface area contributed by atoms with Crippen LogP contribution in [-0.4, -0.2) is 17.7 Å². The molecule has 0 aliphatic heterocycles. The number of hydrogen-bond donors (Lipinski definition) is 2. The summed E-state index contributed by atoms with van der Waals surface area (Å²) in [5.74, 6) is 0.144. The summed E-state index contributed by atoms with van der Waals surface area (Å²) in [6.07, 6.45) is 2.29. The molecule has 2 rings (SSSR count). The first-order valence-electron chi connectivity index (χ1n) is 4.92. The average Bonchev–Trinajstić information content (AvgIpc) is 3.02. The second kappa shape index (κ2) is 3.81. The van der Waals surface area contributed by atoms with Crippen LogP contribution in [0.5, 0.6) is 5.75 Å². The number of phenolic OH excluding ortho intramolecular Hbond substituents is 1. The van der Waals surface area contributed by atoms with E-state index in [1.54, 1.807) is 0 Å². The van der Waals surface area contributed by atoms with Crippen molar-refractivity contribution >= 4 is 11.7 Å². The SMILES string of the molecule is Nc1cc(C(=O)OCC2CC2)ccc1O. The van der Waals surface area contributed by atoms with Gasteiger partial charge in [0.2, 0.25) is 0 Å². The minimum atomic E-state index is -0.381. The molecule has 15 heavy (non-hydrogen) atoms. The number of carbonyl (C=O) groups excluding carboxylic acids is 1. The quantitative estimate of drug-likeness (QED) is 0.448. The minimum absolute atomic E-state index is 0.0197. The number of benzene rings is 1. The molecule has 0 amide bonds. The number of ether oxygens (including phenoxy) is 1. The number of esters is 1. The first kappa shape index (κ1) is 9.83. The van der Waals surface area contributed by atoms with E-state index < -0.39 is 0 Å². The second-order valence-corrected chi connectivity index (χ2v) is 3.82. The fourth-order valence-corrected chi connectivity index (χ4v) is 1.24. The van der Waals surface area contributed by atoms with E-state index in [9.17, 15) is 9.90 Å². The van der Waals surface area contributed by atoms with E-state index in [1.807, 2.05) is 0 Å². The molecule has 1 aromatic rings. The number of aromatic hydroxyl groups is 1. The number of hydrogen-bond acceptors (Lipinski definition) is 4. The highest BCUT2D eigenvalue weighted by Gasteiger charge is 2.23. The lowest BCUT2D eigenvalue weighted by atomic mass is 10.2. The van der Waals surface area contributed by atoms with E-state index in [0.717, 1.165) is 12.8 Å². The van der Waals surface area contributed by atoms with Crippen LogP contribution in [-0.2, 0) is 4.74 Å². The predicted octanol–water partition coefficient (Wildman–Crippen LogP) is 1.54. The average molecular weight is 207 g/mol. The predicted molar refractivity (Wildman–Crippen MR) is 55.5 cm³/mol. The summed E-state index contributed by atoms with van der Waals surface area (Å²) in [7, 11) is 0.